The van der Waals surface area contributed by atoms with Gasteiger partial charge in [0, 0.05) is 17.6 Å². The van der Waals surface area contributed by atoms with Crippen molar-refractivity contribution in [3.63, 3.8) is 0 Å². The van der Waals surface area contributed by atoms with Crippen LogP contribution in [0.1, 0.15) is 18.9 Å². The van der Waals surface area contributed by atoms with E-state index in [1.165, 1.54) is 0 Å². The van der Waals surface area contributed by atoms with E-state index in [2.05, 4.69) is 5.32 Å². The van der Waals surface area contributed by atoms with Crippen LogP contribution in [0.25, 0.3) is 0 Å². The maximum atomic E-state index is 9.72. The van der Waals surface area contributed by atoms with Gasteiger partial charge in [0.15, 0.2) is 0 Å². The van der Waals surface area contributed by atoms with Crippen molar-refractivity contribution in [3.8, 4) is 0 Å². The van der Waals surface area contributed by atoms with E-state index in [0.29, 0.717) is 18.2 Å². The molecule has 0 heterocycles. The zero-order valence-electron chi connectivity index (χ0n) is 11.2. The predicted molar refractivity (Wildman–Crippen MR) is 76.3 cm³/mol. The van der Waals surface area contributed by atoms with Crippen LogP contribution in [-0.2, 0) is 11.3 Å². The molecule has 0 aliphatic heterocycles. The largest absolute Gasteiger partial charge is 0.395 e. The van der Waals surface area contributed by atoms with Gasteiger partial charge in [-0.3, -0.25) is 0 Å². The van der Waals surface area contributed by atoms with E-state index in [4.69, 9.17) is 21.4 Å². The summed E-state index contributed by atoms with van der Waals surface area (Å²) in [5, 5.41) is 22.5. The molecule has 2 atom stereocenters. The zero-order chi connectivity index (χ0) is 14.1. The van der Waals surface area contributed by atoms with Gasteiger partial charge in [0.05, 0.1) is 25.9 Å². The molecule has 0 aromatic heterocycles. The van der Waals surface area contributed by atoms with Crippen LogP contribution in [-0.4, -0.2) is 42.1 Å². The summed E-state index contributed by atoms with van der Waals surface area (Å²) < 4.78 is 5.43. The first-order chi connectivity index (χ1) is 9.15. The molecule has 1 aromatic carbocycles. The van der Waals surface area contributed by atoms with Crippen LogP contribution in [0.5, 0.6) is 0 Å². The van der Waals surface area contributed by atoms with Crippen molar-refractivity contribution < 1.29 is 14.9 Å². The van der Waals surface area contributed by atoms with Gasteiger partial charge in [0.2, 0.25) is 0 Å². The third-order valence-electron chi connectivity index (χ3n) is 2.85. The number of nitrogens with one attached hydrogen (secondary N) is 1. The lowest BCUT2D eigenvalue weighted by Gasteiger charge is -2.17. The fraction of sp³-hybridized carbons (Fsp3) is 0.571. The molecular weight excluding hydrogens is 266 g/mol. The molecule has 0 amide bonds. The monoisotopic (exact) mass is 287 g/mol. The molecule has 0 unspecified atom stereocenters. The van der Waals surface area contributed by atoms with Crippen LogP contribution >= 0.6 is 11.6 Å². The fourth-order valence-electron chi connectivity index (χ4n) is 1.59. The first kappa shape index (κ1) is 16.4. The highest BCUT2D eigenvalue weighted by atomic mass is 35.5. The van der Waals surface area contributed by atoms with E-state index in [1.807, 2.05) is 31.2 Å². The minimum absolute atomic E-state index is 0.0333. The Morgan fingerprint density at radius 2 is 2.00 bits per heavy atom. The van der Waals surface area contributed by atoms with E-state index in [1.54, 1.807) is 0 Å². The molecule has 0 fully saturated rings. The van der Waals surface area contributed by atoms with Gasteiger partial charge in [-0.25, -0.2) is 0 Å². The Labute approximate surface area is 119 Å². The number of rotatable bonds is 9. The smallest absolute Gasteiger partial charge is 0.0897 e. The molecule has 1 aromatic rings. The van der Waals surface area contributed by atoms with Crippen molar-refractivity contribution in [3.05, 3.63) is 34.9 Å². The van der Waals surface area contributed by atoms with Crippen molar-refractivity contribution in [2.75, 3.05) is 19.8 Å². The van der Waals surface area contributed by atoms with Crippen molar-refractivity contribution >= 4 is 11.6 Å². The van der Waals surface area contributed by atoms with Crippen molar-refractivity contribution in [2.24, 2.45) is 0 Å². The quantitative estimate of drug-likeness (QED) is 0.645. The lowest BCUT2D eigenvalue weighted by molar-refractivity contribution is 0.0265. The van der Waals surface area contributed by atoms with Crippen LogP contribution in [0, 0.1) is 0 Å². The van der Waals surface area contributed by atoms with Gasteiger partial charge in [-0.1, -0.05) is 30.7 Å². The first-order valence-electron chi connectivity index (χ1n) is 6.50. The molecule has 19 heavy (non-hydrogen) atoms. The van der Waals surface area contributed by atoms with E-state index < -0.39 is 6.10 Å². The summed E-state index contributed by atoms with van der Waals surface area (Å²) in [6.07, 6.45) is 0.252. The third kappa shape index (κ3) is 6.89. The summed E-state index contributed by atoms with van der Waals surface area (Å²) in [5.74, 6) is 0. The molecule has 1 rings (SSSR count). The summed E-state index contributed by atoms with van der Waals surface area (Å²) in [6.45, 7) is 3.19. The topological polar surface area (TPSA) is 61.7 Å². The van der Waals surface area contributed by atoms with Crippen LogP contribution in [0.3, 0.4) is 0 Å². The number of halogens is 1. The molecule has 3 N–H and O–H groups in total. The van der Waals surface area contributed by atoms with Crippen molar-refractivity contribution in [2.45, 2.75) is 32.1 Å². The molecule has 0 spiro atoms. The summed E-state index contributed by atoms with van der Waals surface area (Å²) in [7, 11) is 0. The second-order valence-electron chi connectivity index (χ2n) is 4.49. The van der Waals surface area contributed by atoms with Crippen LogP contribution in [0.15, 0.2) is 24.3 Å². The number of hydrogen-bond acceptors (Lipinski definition) is 4. The minimum Gasteiger partial charge on any atom is -0.395 e. The first-order valence-corrected chi connectivity index (χ1v) is 6.88. The summed E-state index contributed by atoms with van der Waals surface area (Å²) in [5.41, 5.74) is 1.02. The molecular formula is C14H22ClNO3. The van der Waals surface area contributed by atoms with E-state index in [-0.39, 0.29) is 19.3 Å². The Balaban J connectivity index is 2.16. The number of hydrogen-bond donors (Lipinski definition) is 3. The van der Waals surface area contributed by atoms with Gasteiger partial charge >= 0.3 is 0 Å². The second kappa shape index (κ2) is 9.28. The number of benzene rings is 1. The third-order valence-corrected chi connectivity index (χ3v) is 3.10. The number of ether oxygens (including phenoxy) is 1. The van der Waals surface area contributed by atoms with Gasteiger partial charge in [-0.05, 0) is 24.1 Å². The average Bonchev–Trinajstić information content (AvgIpc) is 2.42. The van der Waals surface area contributed by atoms with E-state index >= 15 is 0 Å². The highest BCUT2D eigenvalue weighted by molar-refractivity contribution is 6.30. The molecule has 5 heteroatoms. The minimum atomic E-state index is -0.576. The standard InChI is InChI=1S/C14H22ClNO3/c1-2-13(8-17)16-7-14(18)10-19-9-11-3-5-12(15)6-4-11/h3-6,13-14,16-18H,2,7-10H2,1H3/t13-,14+/m1/s1. The lowest BCUT2D eigenvalue weighted by atomic mass is 10.2. The van der Waals surface area contributed by atoms with Crippen molar-refractivity contribution in [1.82, 2.24) is 5.32 Å². The molecule has 0 radical (unpaired) electrons. The Bertz CT molecular complexity index is 341. The molecule has 0 saturated heterocycles. The Morgan fingerprint density at radius 3 is 2.58 bits per heavy atom. The highest BCUT2D eigenvalue weighted by Crippen LogP contribution is 2.10. The van der Waals surface area contributed by atoms with Crippen molar-refractivity contribution in [1.29, 1.82) is 0 Å². The maximum Gasteiger partial charge on any atom is 0.0897 e. The van der Waals surface area contributed by atoms with Gasteiger partial charge in [-0.15, -0.1) is 0 Å². The predicted octanol–water partition coefficient (Wildman–Crippen LogP) is 1.58. The molecule has 108 valence electrons. The van der Waals surface area contributed by atoms with Gasteiger partial charge < -0.3 is 20.3 Å². The van der Waals surface area contributed by atoms with Gasteiger partial charge in [0.25, 0.3) is 0 Å². The lowest BCUT2D eigenvalue weighted by Crippen LogP contribution is -2.39. The normalized spacial score (nSPS) is 14.3. The Morgan fingerprint density at radius 1 is 1.32 bits per heavy atom. The van der Waals surface area contributed by atoms with Crippen LogP contribution in [0.2, 0.25) is 5.02 Å². The molecule has 4 nitrogen and oxygen atoms in total. The highest BCUT2D eigenvalue weighted by Gasteiger charge is 2.08. The van der Waals surface area contributed by atoms with Crippen LogP contribution in [0.4, 0.5) is 0 Å². The molecule has 0 saturated carbocycles. The van der Waals surface area contributed by atoms with E-state index in [9.17, 15) is 5.11 Å². The maximum absolute atomic E-state index is 9.72. The summed E-state index contributed by atoms with van der Waals surface area (Å²) >= 11 is 5.78. The average molecular weight is 288 g/mol. The number of aliphatic hydroxyl groups excluding tert-OH is 2. The summed E-state index contributed by atoms with van der Waals surface area (Å²) in [6, 6.07) is 7.44. The molecule has 0 aliphatic carbocycles. The fourth-order valence-corrected chi connectivity index (χ4v) is 1.72. The second-order valence-corrected chi connectivity index (χ2v) is 4.93. The van der Waals surface area contributed by atoms with Crippen LogP contribution < -0.4 is 5.32 Å². The Kier molecular flexibility index (Phi) is 8.02. The molecule has 0 bridgehead atoms. The Hall–Kier alpha value is -0.650. The van der Waals surface area contributed by atoms with Gasteiger partial charge in [-0.2, -0.15) is 0 Å². The number of aliphatic hydroxyl groups is 2. The molecule has 0 aliphatic rings. The van der Waals surface area contributed by atoms with E-state index in [0.717, 1.165) is 12.0 Å². The summed E-state index contributed by atoms with van der Waals surface area (Å²) in [4.78, 5) is 0. The SMILES string of the molecule is CC[C@H](CO)NC[C@H](O)COCc1ccc(Cl)cc1. The zero-order valence-corrected chi connectivity index (χ0v) is 11.9. The van der Waals surface area contributed by atoms with Gasteiger partial charge in [0.1, 0.15) is 0 Å².